The van der Waals surface area contributed by atoms with Crippen molar-refractivity contribution in [3.8, 4) is 5.75 Å². The quantitative estimate of drug-likeness (QED) is 0.614. The molecule has 162 valence electrons. The minimum Gasteiger partial charge on any atom is -0.497 e. The number of methoxy groups -OCH3 is 1. The third-order valence-electron chi connectivity index (χ3n) is 5.70. The lowest BCUT2D eigenvalue weighted by Crippen LogP contribution is -2.40. The van der Waals surface area contributed by atoms with Crippen LogP contribution in [0.15, 0.2) is 57.7 Å². The van der Waals surface area contributed by atoms with Gasteiger partial charge in [0, 0.05) is 17.6 Å². The van der Waals surface area contributed by atoms with Crippen LogP contribution in [0.1, 0.15) is 41.4 Å². The summed E-state index contributed by atoms with van der Waals surface area (Å²) in [4.78, 5) is 27.6. The first kappa shape index (κ1) is 21.4. The Bertz CT molecular complexity index is 1120. The summed E-state index contributed by atoms with van der Waals surface area (Å²) in [7, 11) is 1.64. The maximum atomic E-state index is 12.8. The van der Waals surface area contributed by atoms with Gasteiger partial charge in [0.15, 0.2) is 11.2 Å². The second-order valence-electron chi connectivity index (χ2n) is 7.71. The molecule has 6 nitrogen and oxygen atoms in total. The number of nitrogens with zero attached hydrogens (tertiary/aromatic N) is 1. The summed E-state index contributed by atoms with van der Waals surface area (Å²) in [5.74, 6) is 0.375. The van der Waals surface area contributed by atoms with Crippen LogP contribution in [0.5, 0.6) is 5.75 Å². The molecule has 2 aromatic carbocycles. The van der Waals surface area contributed by atoms with Crippen molar-refractivity contribution in [2.24, 2.45) is 0 Å². The summed E-state index contributed by atoms with van der Waals surface area (Å²) in [6.07, 6.45) is 3.51. The third-order valence-corrected chi connectivity index (χ3v) is 5.94. The van der Waals surface area contributed by atoms with Gasteiger partial charge >= 0.3 is 0 Å². The number of carbonyl (C=O) groups excluding carboxylic acids is 1. The second-order valence-corrected chi connectivity index (χ2v) is 8.15. The van der Waals surface area contributed by atoms with E-state index in [0.717, 1.165) is 37.2 Å². The van der Waals surface area contributed by atoms with E-state index in [9.17, 15) is 9.59 Å². The molecule has 1 N–H and O–H groups in total. The molecular weight excluding hydrogens is 416 g/mol. The molecule has 0 spiro atoms. The molecule has 1 fully saturated rings. The first-order chi connectivity index (χ1) is 15.0. The number of fused-ring (bicyclic) bond motifs is 1. The Hall–Kier alpha value is -2.83. The zero-order valence-electron chi connectivity index (χ0n) is 17.4. The fourth-order valence-electron chi connectivity index (χ4n) is 4.03. The number of hydrogen-bond acceptors (Lipinski definition) is 5. The molecule has 1 atom stereocenters. The van der Waals surface area contributed by atoms with E-state index in [-0.39, 0.29) is 17.2 Å². The minimum atomic E-state index is -0.413. The maximum absolute atomic E-state index is 12.8. The lowest BCUT2D eigenvalue weighted by atomic mass is 10.0. The molecular formula is C24H25ClN2O4. The van der Waals surface area contributed by atoms with Crippen molar-refractivity contribution in [3.05, 3.63) is 75.1 Å². The highest BCUT2D eigenvalue weighted by Gasteiger charge is 2.24. The average molecular weight is 441 g/mol. The van der Waals surface area contributed by atoms with Gasteiger partial charge in [-0.2, -0.15) is 0 Å². The number of benzene rings is 2. The van der Waals surface area contributed by atoms with Crippen LogP contribution in [-0.4, -0.2) is 37.6 Å². The standard InChI is InChI=1S/C24H25ClN2O4/c1-30-18-8-5-16(6-9-18)20(27-11-3-2-4-12-27)15-26-24(29)23-14-21(28)19-13-17(25)7-10-22(19)31-23/h5-10,13-14,20H,2-4,11-12,15H2,1H3,(H,26,29). The van der Waals surface area contributed by atoms with Gasteiger partial charge in [-0.25, -0.2) is 0 Å². The summed E-state index contributed by atoms with van der Waals surface area (Å²) in [6, 6.07) is 13.9. The molecule has 1 saturated heterocycles. The lowest BCUT2D eigenvalue weighted by molar-refractivity contribution is 0.0897. The first-order valence-corrected chi connectivity index (χ1v) is 10.8. The molecule has 2 heterocycles. The van der Waals surface area contributed by atoms with Crippen LogP contribution >= 0.6 is 11.6 Å². The first-order valence-electron chi connectivity index (χ1n) is 10.4. The molecule has 1 unspecified atom stereocenters. The Kier molecular flexibility index (Phi) is 6.59. The molecule has 31 heavy (non-hydrogen) atoms. The number of halogens is 1. The summed E-state index contributed by atoms with van der Waals surface area (Å²) in [5.41, 5.74) is 1.15. The van der Waals surface area contributed by atoms with Crippen LogP contribution in [0.3, 0.4) is 0 Å². The number of hydrogen-bond donors (Lipinski definition) is 1. The predicted octanol–water partition coefficient (Wildman–Crippen LogP) is 4.41. The van der Waals surface area contributed by atoms with Gasteiger partial charge in [0.05, 0.1) is 18.5 Å². The van der Waals surface area contributed by atoms with Gasteiger partial charge in [-0.15, -0.1) is 0 Å². The smallest absolute Gasteiger partial charge is 0.287 e. The van der Waals surface area contributed by atoms with E-state index in [1.54, 1.807) is 25.3 Å². The van der Waals surface area contributed by atoms with Crippen LogP contribution in [-0.2, 0) is 0 Å². The van der Waals surface area contributed by atoms with E-state index in [1.165, 1.54) is 12.5 Å². The molecule has 1 aromatic heterocycles. The molecule has 1 aliphatic heterocycles. The predicted molar refractivity (Wildman–Crippen MR) is 121 cm³/mol. The molecule has 0 radical (unpaired) electrons. The van der Waals surface area contributed by atoms with Crippen LogP contribution < -0.4 is 15.5 Å². The molecule has 1 amide bonds. The number of ether oxygens (including phenoxy) is 1. The van der Waals surface area contributed by atoms with Gasteiger partial charge in [-0.3, -0.25) is 14.5 Å². The van der Waals surface area contributed by atoms with Crippen molar-refractivity contribution in [2.45, 2.75) is 25.3 Å². The zero-order chi connectivity index (χ0) is 21.8. The van der Waals surface area contributed by atoms with Crippen molar-refractivity contribution in [2.75, 3.05) is 26.7 Å². The van der Waals surface area contributed by atoms with E-state index in [4.69, 9.17) is 20.8 Å². The zero-order valence-corrected chi connectivity index (χ0v) is 18.2. The Labute approximate surface area is 185 Å². The molecule has 1 aliphatic rings. The number of nitrogens with one attached hydrogen (secondary N) is 1. The Morgan fingerprint density at radius 3 is 2.58 bits per heavy atom. The fourth-order valence-corrected chi connectivity index (χ4v) is 4.20. The number of carbonyl (C=O) groups is 1. The van der Waals surface area contributed by atoms with Crippen LogP contribution in [0.4, 0.5) is 0 Å². The molecule has 0 saturated carbocycles. The summed E-state index contributed by atoms with van der Waals surface area (Å²) < 4.78 is 10.9. The van der Waals surface area contributed by atoms with E-state index < -0.39 is 5.91 Å². The van der Waals surface area contributed by atoms with Crippen LogP contribution in [0.2, 0.25) is 5.02 Å². The Morgan fingerprint density at radius 1 is 1.13 bits per heavy atom. The molecule has 7 heteroatoms. The SMILES string of the molecule is COc1ccc(C(CNC(=O)c2cc(=O)c3cc(Cl)ccc3o2)N2CCCCC2)cc1. The van der Waals surface area contributed by atoms with Gasteiger partial charge in [-0.1, -0.05) is 30.2 Å². The molecule has 0 aliphatic carbocycles. The Morgan fingerprint density at radius 2 is 1.87 bits per heavy atom. The van der Waals surface area contributed by atoms with Crippen LogP contribution in [0.25, 0.3) is 11.0 Å². The van der Waals surface area contributed by atoms with Gasteiger partial charge in [0.25, 0.3) is 5.91 Å². The number of amides is 1. The third kappa shape index (κ3) is 4.92. The van der Waals surface area contributed by atoms with E-state index in [0.29, 0.717) is 22.5 Å². The normalized spacial score (nSPS) is 15.5. The topological polar surface area (TPSA) is 71.8 Å². The van der Waals surface area contributed by atoms with E-state index in [2.05, 4.69) is 10.2 Å². The van der Waals surface area contributed by atoms with Crippen molar-refractivity contribution in [1.82, 2.24) is 10.2 Å². The maximum Gasteiger partial charge on any atom is 0.287 e. The summed E-state index contributed by atoms with van der Waals surface area (Å²) in [6.45, 7) is 2.38. The largest absolute Gasteiger partial charge is 0.497 e. The van der Waals surface area contributed by atoms with E-state index >= 15 is 0 Å². The number of likely N-dealkylation sites (tertiary alicyclic amines) is 1. The van der Waals surface area contributed by atoms with Gasteiger partial charge in [-0.05, 0) is 61.8 Å². The Balaban J connectivity index is 1.54. The van der Waals surface area contributed by atoms with Gasteiger partial charge in [0.1, 0.15) is 11.3 Å². The number of piperidine rings is 1. The summed E-state index contributed by atoms with van der Waals surface area (Å²) in [5, 5.41) is 3.76. The highest BCUT2D eigenvalue weighted by Crippen LogP contribution is 2.26. The van der Waals surface area contributed by atoms with Crippen molar-refractivity contribution >= 4 is 28.5 Å². The highest BCUT2D eigenvalue weighted by atomic mass is 35.5. The fraction of sp³-hybridized carbons (Fsp3) is 0.333. The molecule has 0 bridgehead atoms. The average Bonchev–Trinajstić information content (AvgIpc) is 2.80. The van der Waals surface area contributed by atoms with Crippen LogP contribution in [0, 0.1) is 0 Å². The van der Waals surface area contributed by atoms with Crippen molar-refractivity contribution in [3.63, 3.8) is 0 Å². The van der Waals surface area contributed by atoms with Crippen molar-refractivity contribution < 1.29 is 13.9 Å². The highest BCUT2D eigenvalue weighted by molar-refractivity contribution is 6.31. The summed E-state index contributed by atoms with van der Waals surface area (Å²) >= 11 is 5.96. The van der Waals surface area contributed by atoms with Gasteiger partial charge < -0.3 is 14.5 Å². The monoisotopic (exact) mass is 440 g/mol. The minimum absolute atomic E-state index is 0.00746. The molecule has 3 aromatic rings. The van der Waals surface area contributed by atoms with E-state index in [1.807, 2.05) is 24.3 Å². The van der Waals surface area contributed by atoms with Gasteiger partial charge in [0.2, 0.25) is 0 Å². The molecule has 4 rings (SSSR count). The lowest BCUT2D eigenvalue weighted by Gasteiger charge is -2.35. The number of rotatable bonds is 6. The van der Waals surface area contributed by atoms with Crippen molar-refractivity contribution in [1.29, 1.82) is 0 Å². The second kappa shape index (κ2) is 9.54.